The quantitative estimate of drug-likeness (QED) is 0.813. The maximum Gasteiger partial charge on any atom is 0.237 e. The first-order valence-corrected chi connectivity index (χ1v) is 7.58. The van der Waals surface area contributed by atoms with Crippen molar-refractivity contribution in [2.24, 2.45) is 5.73 Å². The van der Waals surface area contributed by atoms with Crippen molar-refractivity contribution in [1.82, 2.24) is 10.2 Å². The number of likely N-dealkylation sites (tertiary alicyclic amines) is 1. The lowest BCUT2D eigenvalue weighted by Gasteiger charge is -2.24. The fourth-order valence-corrected chi connectivity index (χ4v) is 2.68. The summed E-state index contributed by atoms with van der Waals surface area (Å²) in [6.07, 6.45) is 2.69. The van der Waals surface area contributed by atoms with Crippen LogP contribution < -0.4 is 11.1 Å². The third kappa shape index (κ3) is 7.04. The van der Waals surface area contributed by atoms with Gasteiger partial charge in [0.15, 0.2) is 0 Å². The molecule has 1 fully saturated rings. The third-order valence-corrected chi connectivity index (χ3v) is 3.86. The van der Waals surface area contributed by atoms with Crippen LogP contribution in [0, 0.1) is 5.82 Å². The Balaban J connectivity index is 0.00000242. The molecule has 2 rings (SSSR count). The molecule has 4 nitrogen and oxygen atoms in total. The van der Waals surface area contributed by atoms with Crippen LogP contribution in [0.4, 0.5) is 4.39 Å². The predicted molar refractivity (Wildman–Crippen MR) is 95.6 cm³/mol. The zero-order valence-corrected chi connectivity index (χ0v) is 15.0. The van der Waals surface area contributed by atoms with Crippen molar-refractivity contribution >= 4 is 30.7 Å². The largest absolute Gasteiger partial charge is 0.355 e. The van der Waals surface area contributed by atoms with E-state index in [1.165, 1.54) is 12.1 Å². The molecule has 3 N–H and O–H groups in total. The van der Waals surface area contributed by atoms with Crippen molar-refractivity contribution in [1.29, 1.82) is 0 Å². The highest BCUT2D eigenvalue weighted by Gasteiger charge is 2.30. The molecule has 1 aliphatic rings. The predicted octanol–water partition coefficient (Wildman–Crippen LogP) is 2.49. The van der Waals surface area contributed by atoms with Crippen LogP contribution in [0.5, 0.6) is 0 Å². The van der Waals surface area contributed by atoms with Crippen LogP contribution in [0.1, 0.15) is 31.7 Å². The number of hydrogen-bond acceptors (Lipinski definition) is 3. The van der Waals surface area contributed by atoms with E-state index in [0.717, 1.165) is 31.4 Å². The van der Waals surface area contributed by atoms with Gasteiger partial charge >= 0.3 is 0 Å². The summed E-state index contributed by atoms with van der Waals surface area (Å²) in [6.45, 7) is 4.15. The number of nitrogens with one attached hydrogen (secondary N) is 1. The normalized spacial score (nSPS) is 18.7. The van der Waals surface area contributed by atoms with Gasteiger partial charge in [0, 0.05) is 19.1 Å². The number of benzene rings is 1. The number of nitrogens with zero attached hydrogens (tertiary/aromatic N) is 1. The van der Waals surface area contributed by atoms with Crippen LogP contribution in [-0.4, -0.2) is 36.0 Å². The molecule has 0 saturated carbocycles. The molecule has 1 aromatic rings. The average Bonchev–Trinajstić information content (AvgIpc) is 2.89. The Bertz CT molecular complexity index is 471. The minimum Gasteiger partial charge on any atom is -0.355 e. The summed E-state index contributed by atoms with van der Waals surface area (Å²) >= 11 is 0. The van der Waals surface area contributed by atoms with Gasteiger partial charge in [0.1, 0.15) is 5.82 Å². The molecule has 1 heterocycles. The Hall–Kier alpha value is -0.880. The molecular formula is C16H26Cl2FN3O. The van der Waals surface area contributed by atoms with E-state index in [9.17, 15) is 9.18 Å². The van der Waals surface area contributed by atoms with E-state index in [2.05, 4.69) is 10.2 Å². The van der Waals surface area contributed by atoms with Crippen LogP contribution in [0.25, 0.3) is 0 Å². The fourth-order valence-electron chi connectivity index (χ4n) is 2.68. The zero-order valence-electron chi connectivity index (χ0n) is 13.3. The van der Waals surface area contributed by atoms with E-state index in [0.29, 0.717) is 13.1 Å². The third-order valence-electron chi connectivity index (χ3n) is 3.86. The van der Waals surface area contributed by atoms with Crippen LogP contribution >= 0.6 is 24.8 Å². The zero-order chi connectivity index (χ0) is 15.2. The Morgan fingerprint density at radius 2 is 2.04 bits per heavy atom. The first-order chi connectivity index (χ1) is 10.1. The van der Waals surface area contributed by atoms with Crippen molar-refractivity contribution in [3.63, 3.8) is 0 Å². The topological polar surface area (TPSA) is 58.4 Å². The van der Waals surface area contributed by atoms with Crippen molar-refractivity contribution in [3.8, 4) is 0 Å². The summed E-state index contributed by atoms with van der Waals surface area (Å²) in [7, 11) is 0. The van der Waals surface area contributed by atoms with Gasteiger partial charge in [0.05, 0.1) is 6.04 Å². The molecule has 1 saturated heterocycles. The standard InChI is InChI=1S/C16H24FN3O.2ClH/c1-12(18)8-9-19-16(21)15-3-2-10-20(15)11-13-4-6-14(17)7-5-13;;/h4-7,12,15H,2-3,8-11,18H2,1H3,(H,19,21);2*1H. The van der Waals surface area contributed by atoms with Gasteiger partial charge in [-0.25, -0.2) is 4.39 Å². The second-order valence-corrected chi connectivity index (χ2v) is 5.81. The van der Waals surface area contributed by atoms with E-state index >= 15 is 0 Å². The summed E-state index contributed by atoms with van der Waals surface area (Å²) in [6, 6.07) is 6.50. The van der Waals surface area contributed by atoms with E-state index in [4.69, 9.17) is 5.73 Å². The average molecular weight is 366 g/mol. The molecule has 2 unspecified atom stereocenters. The van der Waals surface area contributed by atoms with Crippen LogP contribution in [-0.2, 0) is 11.3 Å². The van der Waals surface area contributed by atoms with E-state index in [1.807, 2.05) is 6.92 Å². The molecule has 1 aliphatic heterocycles. The minimum atomic E-state index is -0.231. The van der Waals surface area contributed by atoms with Crippen molar-refractivity contribution in [2.75, 3.05) is 13.1 Å². The molecule has 132 valence electrons. The van der Waals surface area contributed by atoms with Crippen molar-refractivity contribution < 1.29 is 9.18 Å². The van der Waals surface area contributed by atoms with Crippen LogP contribution in [0.3, 0.4) is 0 Å². The van der Waals surface area contributed by atoms with E-state index in [-0.39, 0.29) is 48.6 Å². The molecule has 2 atom stereocenters. The Labute approximate surface area is 149 Å². The summed E-state index contributed by atoms with van der Waals surface area (Å²) in [5.41, 5.74) is 6.72. The van der Waals surface area contributed by atoms with E-state index in [1.54, 1.807) is 12.1 Å². The fraction of sp³-hybridized carbons (Fsp3) is 0.562. The van der Waals surface area contributed by atoms with Crippen molar-refractivity contribution in [3.05, 3.63) is 35.6 Å². The number of amides is 1. The van der Waals surface area contributed by atoms with Gasteiger partial charge in [-0.05, 0) is 50.4 Å². The maximum atomic E-state index is 12.9. The molecule has 0 aliphatic carbocycles. The smallest absolute Gasteiger partial charge is 0.237 e. The second kappa shape index (κ2) is 10.8. The Kier molecular flexibility index (Phi) is 10.4. The van der Waals surface area contributed by atoms with Gasteiger partial charge in [0.25, 0.3) is 0 Å². The number of nitrogens with two attached hydrogens (primary N) is 1. The first-order valence-electron chi connectivity index (χ1n) is 7.58. The summed E-state index contributed by atoms with van der Waals surface area (Å²) in [5, 5.41) is 2.96. The number of halogens is 3. The van der Waals surface area contributed by atoms with E-state index < -0.39 is 0 Å². The van der Waals surface area contributed by atoms with Gasteiger partial charge in [0.2, 0.25) is 5.91 Å². The Morgan fingerprint density at radius 1 is 1.39 bits per heavy atom. The van der Waals surface area contributed by atoms with Gasteiger partial charge in [-0.2, -0.15) is 0 Å². The molecule has 7 heteroatoms. The summed E-state index contributed by atoms with van der Waals surface area (Å²) in [5.74, 6) is -0.152. The molecule has 23 heavy (non-hydrogen) atoms. The molecule has 0 aromatic heterocycles. The monoisotopic (exact) mass is 365 g/mol. The lowest BCUT2D eigenvalue weighted by atomic mass is 10.1. The van der Waals surface area contributed by atoms with Crippen LogP contribution in [0.15, 0.2) is 24.3 Å². The lowest BCUT2D eigenvalue weighted by Crippen LogP contribution is -2.43. The molecular weight excluding hydrogens is 340 g/mol. The van der Waals surface area contributed by atoms with Gasteiger partial charge in [-0.3, -0.25) is 9.69 Å². The minimum absolute atomic E-state index is 0. The van der Waals surface area contributed by atoms with Gasteiger partial charge < -0.3 is 11.1 Å². The summed E-state index contributed by atoms with van der Waals surface area (Å²) in [4.78, 5) is 14.4. The molecule has 0 bridgehead atoms. The molecule has 1 amide bonds. The number of rotatable bonds is 6. The number of carbonyl (C=O) groups excluding carboxylic acids is 1. The SMILES string of the molecule is CC(N)CCNC(=O)C1CCCN1Cc1ccc(F)cc1.Cl.Cl. The Morgan fingerprint density at radius 3 is 2.65 bits per heavy atom. The van der Waals surface area contributed by atoms with Crippen LogP contribution in [0.2, 0.25) is 0 Å². The highest BCUT2D eigenvalue weighted by molar-refractivity contribution is 5.85. The molecule has 0 spiro atoms. The second-order valence-electron chi connectivity index (χ2n) is 5.81. The highest BCUT2D eigenvalue weighted by atomic mass is 35.5. The summed E-state index contributed by atoms with van der Waals surface area (Å²) < 4.78 is 12.9. The van der Waals surface area contributed by atoms with Gasteiger partial charge in [-0.15, -0.1) is 24.8 Å². The van der Waals surface area contributed by atoms with Crippen molar-refractivity contribution in [2.45, 2.75) is 44.8 Å². The molecule has 1 aromatic carbocycles. The first kappa shape index (κ1) is 22.1. The maximum absolute atomic E-state index is 12.9. The lowest BCUT2D eigenvalue weighted by molar-refractivity contribution is -0.125. The number of hydrogen-bond donors (Lipinski definition) is 2. The molecule has 0 radical (unpaired) electrons. The number of carbonyl (C=O) groups is 1. The van der Waals surface area contributed by atoms with Gasteiger partial charge in [-0.1, -0.05) is 12.1 Å². The highest BCUT2D eigenvalue weighted by Crippen LogP contribution is 2.20.